The van der Waals surface area contributed by atoms with Gasteiger partial charge in [-0.1, -0.05) is 30.3 Å². The average Bonchev–Trinajstić information content (AvgIpc) is 2.78. The number of morpholine rings is 1. The normalized spacial score (nSPS) is 21.3. The van der Waals surface area contributed by atoms with E-state index in [2.05, 4.69) is 0 Å². The molecule has 0 aromatic heterocycles. The summed E-state index contributed by atoms with van der Waals surface area (Å²) in [6.45, 7) is 1.67. The minimum absolute atomic E-state index is 0.150. The van der Waals surface area contributed by atoms with Crippen molar-refractivity contribution in [2.45, 2.75) is 42.5 Å². The summed E-state index contributed by atoms with van der Waals surface area (Å²) >= 11 is 0. The SMILES string of the molecule is Cc1cc(S(C)(=O)=O)ccc1C(=O)N1CCC2(CC1)CN(CC(F)(F)F)CC(c1ccccc1)O2. The summed E-state index contributed by atoms with van der Waals surface area (Å²) in [5.74, 6) is -0.222. The van der Waals surface area contributed by atoms with Crippen LogP contribution in [0.3, 0.4) is 0 Å². The first-order valence-electron chi connectivity index (χ1n) is 11.5. The second-order valence-corrected chi connectivity index (χ2v) is 11.5. The third kappa shape index (κ3) is 6.05. The standard InChI is InChI=1S/C25H29F3N2O4S/c1-18-14-20(35(2,32)33)8-9-21(18)23(31)30-12-10-24(11-13-30)16-29(17-25(26,27)28)15-22(34-24)19-6-4-3-5-7-19/h3-9,14,22H,10-13,15-17H2,1-2H3. The fraction of sp³-hybridized carbons (Fsp3) is 0.480. The van der Waals surface area contributed by atoms with Gasteiger partial charge in [0.25, 0.3) is 5.91 Å². The zero-order valence-corrected chi connectivity index (χ0v) is 20.5. The quantitative estimate of drug-likeness (QED) is 0.622. The van der Waals surface area contributed by atoms with Crippen molar-refractivity contribution >= 4 is 15.7 Å². The van der Waals surface area contributed by atoms with Crippen LogP contribution < -0.4 is 0 Å². The molecule has 1 spiro atoms. The van der Waals surface area contributed by atoms with Gasteiger partial charge in [-0.05, 0) is 49.1 Å². The minimum atomic E-state index is -4.31. The molecular weight excluding hydrogens is 481 g/mol. The van der Waals surface area contributed by atoms with Crippen molar-refractivity contribution in [1.29, 1.82) is 0 Å². The summed E-state index contributed by atoms with van der Waals surface area (Å²) in [5.41, 5.74) is 1.03. The number of carbonyl (C=O) groups is 1. The number of sulfone groups is 1. The molecule has 0 N–H and O–H groups in total. The van der Waals surface area contributed by atoms with Crippen LogP contribution in [-0.2, 0) is 14.6 Å². The van der Waals surface area contributed by atoms with Crippen LogP contribution >= 0.6 is 0 Å². The number of amides is 1. The number of halogens is 3. The predicted molar refractivity (Wildman–Crippen MR) is 125 cm³/mol. The van der Waals surface area contributed by atoms with E-state index in [1.807, 2.05) is 30.3 Å². The Kier molecular flexibility index (Phi) is 7.00. The Balaban J connectivity index is 1.50. The van der Waals surface area contributed by atoms with E-state index in [0.717, 1.165) is 11.8 Å². The van der Waals surface area contributed by atoms with Gasteiger partial charge in [0.05, 0.1) is 23.1 Å². The molecule has 35 heavy (non-hydrogen) atoms. The van der Waals surface area contributed by atoms with Gasteiger partial charge in [0.2, 0.25) is 0 Å². The topological polar surface area (TPSA) is 66.9 Å². The van der Waals surface area contributed by atoms with Crippen LogP contribution in [0.15, 0.2) is 53.4 Å². The van der Waals surface area contributed by atoms with E-state index < -0.39 is 34.3 Å². The molecule has 2 aliphatic rings. The van der Waals surface area contributed by atoms with Crippen LogP contribution in [0, 0.1) is 6.92 Å². The molecule has 0 radical (unpaired) electrons. The first kappa shape index (κ1) is 25.7. The molecule has 0 saturated carbocycles. The van der Waals surface area contributed by atoms with Gasteiger partial charge in [-0.2, -0.15) is 13.2 Å². The molecule has 1 unspecified atom stereocenters. The van der Waals surface area contributed by atoms with Gasteiger partial charge < -0.3 is 9.64 Å². The first-order valence-corrected chi connectivity index (χ1v) is 13.4. The second kappa shape index (κ2) is 9.55. The number of piperidine rings is 1. The van der Waals surface area contributed by atoms with E-state index in [4.69, 9.17) is 4.74 Å². The smallest absolute Gasteiger partial charge is 0.364 e. The number of rotatable bonds is 4. The Morgan fingerprint density at radius 3 is 2.34 bits per heavy atom. The molecule has 2 aromatic carbocycles. The van der Waals surface area contributed by atoms with Crippen LogP contribution in [0.25, 0.3) is 0 Å². The molecule has 2 aliphatic heterocycles. The summed E-state index contributed by atoms with van der Waals surface area (Å²) < 4.78 is 69.8. The molecule has 190 valence electrons. The number of benzene rings is 2. The molecule has 2 saturated heterocycles. The van der Waals surface area contributed by atoms with Gasteiger partial charge in [-0.15, -0.1) is 0 Å². The minimum Gasteiger partial charge on any atom is -0.364 e. The number of alkyl halides is 3. The molecule has 4 rings (SSSR count). The van der Waals surface area contributed by atoms with Gasteiger partial charge >= 0.3 is 6.18 Å². The summed E-state index contributed by atoms with van der Waals surface area (Å²) in [7, 11) is -3.38. The lowest BCUT2D eigenvalue weighted by molar-refractivity contribution is -0.205. The molecule has 0 bridgehead atoms. The lowest BCUT2D eigenvalue weighted by Gasteiger charge is -2.50. The molecule has 2 heterocycles. The van der Waals surface area contributed by atoms with E-state index in [9.17, 15) is 26.4 Å². The van der Waals surface area contributed by atoms with Gasteiger partial charge in [-0.25, -0.2) is 8.42 Å². The maximum absolute atomic E-state index is 13.2. The highest BCUT2D eigenvalue weighted by Gasteiger charge is 2.46. The van der Waals surface area contributed by atoms with Crippen molar-refractivity contribution in [1.82, 2.24) is 9.80 Å². The highest BCUT2D eigenvalue weighted by molar-refractivity contribution is 7.90. The zero-order chi connectivity index (χ0) is 25.4. The molecular formula is C25H29F3N2O4S. The van der Waals surface area contributed by atoms with Crippen molar-refractivity contribution in [3.8, 4) is 0 Å². The third-order valence-electron chi connectivity index (χ3n) is 6.72. The molecule has 2 aromatic rings. The third-order valence-corrected chi connectivity index (χ3v) is 7.83. The Morgan fingerprint density at radius 1 is 1.11 bits per heavy atom. The zero-order valence-electron chi connectivity index (χ0n) is 19.7. The number of likely N-dealkylation sites (tertiary alicyclic amines) is 1. The molecule has 0 aliphatic carbocycles. The summed E-state index contributed by atoms with van der Waals surface area (Å²) in [5, 5.41) is 0. The monoisotopic (exact) mass is 510 g/mol. The number of nitrogens with zero attached hydrogens (tertiary/aromatic N) is 2. The van der Waals surface area contributed by atoms with E-state index in [1.165, 1.54) is 23.1 Å². The number of hydrogen-bond donors (Lipinski definition) is 0. The Morgan fingerprint density at radius 2 is 1.77 bits per heavy atom. The average molecular weight is 511 g/mol. The fourth-order valence-electron chi connectivity index (χ4n) is 4.97. The highest BCUT2D eigenvalue weighted by Crippen LogP contribution is 2.39. The largest absolute Gasteiger partial charge is 0.401 e. The second-order valence-electron chi connectivity index (χ2n) is 9.53. The van der Waals surface area contributed by atoms with E-state index in [0.29, 0.717) is 37.1 Å². The molecule has 2 fully saturated rings. The molecule has 1 amide bonds. The Hall–Kier alpha value is -2.43. The van der Waals surface area contributed by atoms with E-state index >= 15 is 0 Å². The lowest BCUT2D eigenvalue weighted by atomic mass is 9.87. The van der Waals surface area contributed by atoms with Gasteiger partial charge in [0.1, 0.15) is 0 Å². The highest BCUT2D eigenvalue weighted by atomic mass is 32.2. The van der Waals surface area contributed by atoms with Crippen molar-refractivity contribution in [3.63, 3.8) is 0 Å². The lowest BCUT2D eigenvalue weighted by Crippen LogP contribution is -2.59. The van der Waals surface area contributed by atoms with Gasteiger partial charge in [0, 0.05) is 38.0 Å². The van der Waals surface area contributed by atoms with Crippen molar-refractivity contribution < 1.29 is 31.1 Å². The molecule has 6 nitrogen and oxygen atoms in total. The van der Waals surface area contributed by atoms with E-state index in [1.54, 1.807) is 11.8 Å². The number of carbonyl (C=O) groups excluding carboxylic acids is 1. The van der Waals surface area contributed by atoms with Crippen LogP contribution in [0.5, 0.6) is 0 Å². The number of hydrogen-bond acceptors (Lipinski definition) is 5. The van der Waals surface area contributed by atoms with Crippen molar-refractivity contribution in [3.05, 3.63) is 65.2 Å². The van der Waals surface area contributed by atoms with Crippen molar-refractivity contribution in [2.24, 2.45) is 0 Å². The Bertz CT molecular complexity index is 1180. The van der Waals surface area contributed by atoms with Gasteiger partial charge in [-0.3, -0.25) is 9.69 Å². The van der Waals surface area contributed by atoms with Crippen LogP contribution in [0.4, 0.5) is 13.2 Å². The van der Waals surface area contributed by atoms with Gasteiger partial charge in [0.15, 0.2) is 9.84 Å². The fourth-order valence-corrected chi connectivity index (χ4v) is 5.67. The van der Waals surface area contributed by atoms with Crippen LogP contribution in [0.1, 0.15) is 40.4 Å². The predicted octanol–water partition coefficient (Wildman–Crippen LogP) is 4.01. The summed E-state index contributed by atoms with van der Waals surface area (Å²) in [6.07, 6.45) is -2.86. The Labute approximate surface area is 203 Å². The maximum atomic E-state index is 13.2. The first-order chi connectivity index (χ1) is 16.4. The maximum Gasteiger partial charge on any atom is 0.401 e. The number of aryl methyl sites for hydroxylation is 1. The molecule has 10 heteroatoms. The van der Waals surface area contributed by atoms with E-state index in [-0.39, 0.29) is 23.9 Å². The van der Waals surface area contributed by atoms with Crippen LogP contribution in [0.2, 0.25) is 0 Å². The summed E-state index contributed by atoms with van der Waals surface area (Å²) in [4.78, 5) is 16.4. The van der Waals surface area contributed by atoms with Crippen LogP contribution in [-0.4, -0.2) is 74.9 Å². The summed E-state index contributed by atoms with van der Waals surface area (Å²) in [6, 6.07) is 13.7. The van der Waals surface area contributed by atoms with Crippen molar-refractivity contribution in [2.75, 3.05) is 39.0 Å². The number of ether oxygens (including phenoxy) is 1. The molecule has 1 atom stereocenters.